The molecule has 0 N–H and O–H groups in total. The monoisotopic (exact) mass is 328 g/mol. The van der Waals surface area contributed by atoms with E-state index in [9.17, 15) is 0 Å². The van der Waals surface area contributed by atoms with Gasteiger partial charge in [0.25, 0.3) is 0 Å². The molecule has 1 atom stereocenters. The molecule has 1 heteroatoms. The second kappa shape index (κ2) is 21.4. The predicted molar refractivity (Wildman–Crippen MR) is 108 cm³/mol. The van der Waals surface area contributed by atoms with Gasteiger partial charge in [-0.3, -0.25) is 0 Å². The second-order valence-corrected chi connectivity index (χ2v) is 8.55. The quantitative estimate of drug-likeness (QED) is 0.165. The average molecular weight is 329 g/mol. The molecule has 0 heterocycles. The lowest BCUT2D eigenvalue weighted by atomic mass is 10.0. The third kappa shape index (κ3) is 20.4. The smallest absolute Gasteiger partial charge is 0.0353 e. The maximum atomic E-state index is 2.30. The summed E-state index contributed by atoms with van der Waals surface area (Å²) >= 11 is 0. The molecule has 0 aliphatic carbocycles. The Morgan fingerprint density at radius 1 is 0.364 bits per heavy atom. The van der Waals surface area contributed by atoms with Crippen LogP contribution in [0.4, 0.5) is 0 Å². The van der Waals surface area contributed by atoms with Gasteiger partial charge in [0.15, 0.2) is 0 Å². The summed E-state index contributed by atoms with van der Waals surface area (Å²) in [7, 11) is 1.25. The summed E-state index contributed by atoms with van der Waals surface area (Å²) in [5, 5.41) is 0. The molecule has 0 radical (unpaired) electrons. The van der Waals surface area contributed by atoms with E-state index in [-0.39, 0.29) is 0 Å². The summed E-state index contributed by atoms with van der Waals surface area (Å²) in [5.41, 5.74) is 0. The first kappa shape index (κ1) is 22.4. The fraction of sp³-hybridized carbons (Fsp3) is 1.00. The first-order valence-corrected chi connectivity index (χ1v) is 12.0. The van der Waals surface area contributed by atoms with E-state index >= 15 is 0 Å². The molecule has 0 aliphatic rings. The summed E-state index contributed by atoms with van der Waals surface area (Å²) in [6.45, 7) is 4.60. The van der Waals surface area contributed by atoms with E-state index < -0.39 is 0 Å². The van der Waals surface area contributed by atoms with Crippen LogP contribution in [0.3, 0.4) is 0 Å². The molecule has 0 aromatic carbocycles. The third-order valence-corrected chi connectivity index (χ3v) is 6.08. The van der Waals surface area contributed by atoms with E-state index in [0.717, 1.165) is 0 Å². The molecule has 0 rings (SSSR count). The maximum absolute atomic E-state index is 2.30. The molecule has 0 nitrogen and oxygen atoms in total. The van der Waals surface area contributed by atoms with E-state index in [1.807, 2.05) is 0 Å². The van der Waals surface area contributed by atoms with Gasteiger partial charge in [0.1, 0.15) is 0 Å². The largest absolute Gasteiger partial charge is 0.122 e. The molecule has 0 aliphatic heterocycles. The van der Waals surface area contributed by atoms with Crippen molar-refractivity contribution in [2.75, 3.05) is 12.3 Å². The van der Waals surface area contributed by atoms with E-state index in [1.165, 1.54) is 130 Å². The number of rotatable bonds is 19. The molecular formula is C21H45P. The lowest BCUT2D eigenvalue weighted by Gasteiger charge is -2.03. The van der Waals surface area contributed by atoms with Crippen LogP contribution in [-0.4, -0.2) is 12.3 Å². The minimum absolute atomic E-state index is 1.25. The van der Waals surface area contributed by atoms with Gasteiger partial charge in [0, 0.05) is 0 Å². The van der Waals surface area contributed by atoms with Gasteiger partial charge in [-0.1, -0.05) is 110 Å². The lowest BCUT2D eigenvalue weighted by molar-refractivity contribution is 0.535. The van der Waals surface area contributed by atoms with Gasteiger partial charge in [0.2, 0.25) is 0 Å². The fourth-order valence-corrected chi connectivity index (χ4v) is 4.40. The molecule has 0 saturated carbocycles. The van der Waals surface area contributed by atoms with Crippen molar-refractivity contribution in [3.8, 4) is 0 Å². The van der Waals surface area contributed by atoms with E-state index in [4.69, 9.17) is 0 Å². The highest BCUT2D eigenvalue weighted by molar-refractivity contribution is 7.37. The Labute approximate surface area is 144 Å². The summed E-state index contributed by atoms with van der Waals surface area (Å²) in [6, 6.07) is 0. The summed E-state index contributed by atoms with van der Waals surface area (Å²) < 4.78 is 0. The Bertz CT molecular complexity index is 159. The van der Waals surface area contributed by atoms with Gasteiger partial charge in [0.05, 0.1) is 0 Å². The van der Waals surface area contributed by atoms with Crippen LogP contribution in [0.15, 0.2) is 0 Å². The topological polar surface area (TPSA) is 0 Å². The zero-order valence-electron chi connectivity index (χ0n) is 15.9. The second-order valence-electron chi connectivity index (χ2n) is 7.05. The summed E-state index contributed by atoms with van der Waals surface area (Å²) in [4.78, 5) is 0. The zero-order chi connectivity index (χ0) is 16.1. The van der Waals surface area contributed by atoms with Crippen LogP contribution in [-0.2, 0) is 0 Å². The maximum Gasteiger partial charge on any atom is -0.0353 e. The van der Waals surface area contributed by atoms with Crippen LogP contribution in [0.25, 0.3) is 0 Å². The minimum Gasteiger partial charge on any atom is -0.122 e. The van der Waals surface area contributed by atoms with Crippen molar-refractivity contribution in [3.63, 3.8) is 0 Å². The summed E-state index contributed by atoms with van der Waals surface area (Å²) in [6.07, 6.45) is 28.0. The van der Waals surface area contributed by atoms with E-state index in [1.54, 1.807) is 0 Å². The zero-order valence-corrected chi connectivity index (χ0v) is 16.9. The average Bonchev–Trinajstić information content (AvgIpc) is 2.54. The molecule has 0 amide bonds. The van der Waals surface area contributed by atoms with Crippen LogP contribution in [0.1, 0.15) is 123 Å². The SMILES string of the molecule is CCCCCCCCCCCCCCCCCPCCCC. The van der Waals surface area contributed by atoms with Crippen molar-refractivity contribution in [3.05, 3.63) is 0 Å². The molecule has 0 saturated heterocycles. The normalized spacial score (nSPS) is 11.7. The number of hydrogen-bond acceptors (Lipinski definition) is 0. The molecule has 0 aromatic heterocycles. The van der Waals surface area contributed by atoms with Gasteiger partial charge in [-0.2, -0.15) is 0 Å². The Morgan fingerprint density at radius 2 is 0.682 bits per heavy atom. The van der Waals surface area contributed by atoms with Crippen molar-refractivity contribution in [1.82, 2.24) is 0 Å². The van der Waals surface area contributed by atoms with Gasteiger partial charge >= 0.3 is 0 Å². The Balaban J connectivity index is 2.91. The Kier molecular flexibility index (Phi) is 21.8. The highest BCUT2D eigenvalue weighted by Crippen LogP contribution is 2.17. The van der Waals surface area contributed by atoms with Crippen molar-refractivity contribution in [2.24, 2.45) is 0 Å². The first-order chi connectivity index (χ1) is 10.9. The Morgan fingerprint density at radius 3 is 1.09 bits per heavy atom. The molecule has 0 bridgehead atoms. The van der Waals surface area contributed by atoms with Gasteiger partial charge in [-0.05, 0) is 25.2 Å². The fourth-order valence-electron chi connectivity index (χ4n) is 3.05. The summed E-state index contributed by atoms with van der Waals surface area (Å²) in [5.74, 6) is 0. The van der Waals surface area contributed by atoms with E-state index in [2.05, 4.69) is 13.8 Å². The standard InChI is InChI=1S/C21H45P/c1-3-5-7-8-9-10-11-12-13-14-15-16-17-18-19-21-22-20-6-4-2/h22H,3-21H2,1-2H3. The number of unbranched alkanes of at least 4 members (excludes halogenated alkanes) is 15. The van der Waals surface area contributed by atoms with Crippen molar-refractivity contribution in [2.45, 2.75) is 123 Å². The van der Waals surface area contributed by atoms with Crippen LogP contribution in [0, 0.1) is 0 Å². The van der Waals surface area contributed by atoms with Gasteiger partial charge in [-0.25, -0.2) is 0 Å². The number of hydrogen-bond donors (Lipinski definition) is 0. The van der Waals surface area contributed by atoms with Gasteiger partial charge in [-0.15, -0.1) is 8.58 Å². The van der Waals surface area contributed by atoms with Crippen LogP contribution < -0.4 is 0 Å². The molecule has 0 aromatic rings. The molecular weight excluding hydrogens is 283 g/mol. The Hall–Kier alpha value is 0.430. The highest BCUT2D eigenvalue weighted by Gasteiger charge is 1.94. The van der Waals surface area contributed by atoms with Crippen molar-refractivity contribution >= 4 is 8.58 Å². The first-order valence-electron chi connectivity index (χ1n) is 10.6. The lowest BCUT2D eigenvalue weighted by Crippen LogP contribution is -1.84. The molecule has 0 spiro atoms. The minimum atomic E-state index is 1.25. The van der Waals surface area contributed by atoms with E-state index in [0.29, 0.717) is 0 Å². The van der Waals surface area contributed by atoms with Crippen molar-refractivity contribution in [1.29, 1.82) is 0 Å². The molecule has 1 unspecified atom stereocenters. The van der Waals surface area contributed by atoms with Crippen LogP contribution in [0.2, 0.25) is 0 Å². The van der Waals surface area contributed by atoms with Gasteiger partial charge < -0.3 is 0 Å². The molecule has 22 heavy (non-hydrogen) atoms. The molecule has 0 fully saturated rings. The molecule has 134 valence electrons. The van der Waals surface area contributed by atoms with Crippen LogP contribution in [0.5, 0.6) is 0 Å². The highest BCUT2D eigenvalue weighted by atomic mass is 31.1. The third-order valence-electron chi connectivity index (χ3n) is 4.66. The van der Waals surface area contributed by atoms with Crippen LogP contribution >= 0.6 is 8.58 Å². The predicted octanol–water partition coefficient (Wildman–Crippen LogP) is 8.34. The van der Waals surface area contributed by atoms with Crippen molar-refractivity contribution < 1.29 is 0 Å².